The van der Waals surface area contributed by atoms with E-state index in [4.69, 9.17) is 10.5 Å². The van der Waals surface area contributed by atoms with Crippen molar-refractivity contribution in [2.75, 3.05) is 13.2 Å². The number of benzene rings is 1. The molecule has 1 aromatic rings. The summed E-state index contributed by atoms with van der Waals surface area (Å²) in [5.41, 5.74) is 8.22. The molecule has 2 rings (SSSR count). The van der Waals surface area contributed by atoms with Crippen LogP contribution in [0.2, 0.25) is 0 Å². The van der Waals surface area contributed by atoms with Crippen LogP contribution in [0.4, 0.5) is 0 Å². The molecule has 0 aliphatic heterocycles. The summed E-state index contributed by atoms with van der Waals surface area (Å²) in [6.45, 7) is 0.294. The lowest BCUT2D eigenvalue weighted by molar-refractivity contribution is -0.307. The van der Waals surface area contributed by atoms with Crippen molar-refractivity contribution < 1.29 is 14.6 Å². The summed E-state index contributed by atoms with van der Waals surface area (Å²) in [6, 6.07) is 5.73. The Balaban J connectivity index is 0.00000162. The molecule has 4 nitrogen and oxygen atoms in total. The van der Waals surface area contributed by atoms with Crippen LogP contribution in [0.15, 0.2) is 18.2 Å². The monoisotopic (exact) mass is 270 g/mol. The lowest BCUT2D eigenvalue weighted by Gasteiger charge is -2.23. The first kappa shape index (κ1) is 14.8. The minimum Gasteiger partial charge on any atom is -0.546 e. The molecule has 0 saturated heterocycles. The quantitative estimate of drug-likeness (QED) is 0.854. The molecule has 0 amide bonds. The van der Waals surface area contributed by atoms with E-state index in [9.17, 15) is 9.90 Å². The van der Waals surface area contributed by atoms with Gasteiger partial charge in [0.25, 0.3) is 0 Å². The molecule has 0 heterocycles. The molecule has 100 valence electrons. The largest absolute Gasteiger partial charge is 0.546 e. The number of rotatable bonds is 4. The molecule has 1 aliphatic carbocycles. The summed E-state index contributed by atoms with van der Waals surface area (Å²) in [7, 11) is 0. The summed E-state index contributed by atoms with van der Waals surface area (Å²) < 4.78 is 5.11. The molecule has 0 aromatic heterocycles. The number of fused-ring (bicyclic) bond motifs is 1. The van der Waals surface area contributed by atoms with Gasteiger partial charge in [-0.1, -0.05) is 6.07 Å². The highest BCUT2D eigenvalue weighted by atomic mass is 35.5. The fraction of sp³-hybridized carbons (Fsp3) is 0.462. The molecule has 1 atom stereocenters. The Hall–Kier alpha value is -1.26. The van der Waals surface area contributed by atoms with Crippen molar-refractivity contribution in [1.29, 1.82) is 0 Å². The minimum absolute atomic E-state index is 0. The predicted octanol–water partition coefficient (Wildman–Crippen LogP) is 0.301. The van der Waals surface area contributed by atoms with Crippen LogP contribution in [0.25, 0.3) is 0 Å². The second-order valence-corrected chi connectivity index (χ2v) is 4.44. The maximum atomic E-state index is 10.3. The zero-order valence-corrected chi connectivity index (χ0v) is 10.9. The Kier molecular flexibility index (Phi) is 5.44. The van der Waals surface area contributed by atoms with E-state index < -0.39 is 12.6 Å². The van der Waals surface area contributed by atoms with E-state index in [1.165, 1.54) is 11.1 Å². The van der Waals surface area contributed by atoms with Crippen LogP contribution in [0.3, 0.4) is 0 Å². The first-order valence-corrected chi connectivity index (χ1v) is 5.83. The molecule has 0 saturated carbocycles. The molecule has 0 fully saturated rings. The Bertz CT molecular complexity index is 423. The Morgan fingerprint density at radius 2 is 2.22 bits per heavy atom. The van der Waals surface area contributed by atoms with E-state index in [0.717, 1.165) is 19.3 Å². The molecule has 5 heteroatoms. The standard InChI is InChI=1S/C13H17NO3.ClH/c14-7-9-1-2-10-3-4-12(6-11(10)5-9)17-8-13(15)16;/h3-4,6,9H,1-2,5,7-8,14H2,(H,15,16);1H/p-1. The zero-order valence-electron chi connectivity index (χ0n) is 10.1. The van der Waals surface area contributed by atoms with E-state index in [-0.39, 0.29) is 12.4 Å². The van der Waals surface area contributed by atoms with E-state index in [0.29, 0.717) is 18.2 Å². The van der Waals surface area contributed by atoms with Gasteiger partial charge in [-0.15, -0.1) is 12.4 Å². The maximum absolute atomic E-state index is 10.3. The fourth-order valence-electron chi connectivity index (χ4n) is 2.24. The van der Waals surface area contributed by atoms with Crippen molar-refractivity contribution in [3.63, 3.8) is 0 Å². The van der Waals surface area contributed by atoms with Crippen LogP contribution >= 0.6 is 12.4 Å². The minimum atomic E-state index is -1.21. The number of aryl methyl sites for hydroxylation is 1. The van der Waals surface area contributed by atoms with Gasteiger partial charge in [0.05, 0.1) is 5.97 Å². The highest BCUT2D eigenvalue weighted by Gasteiger charge is 2.17. The summed E-state index contributed by atoms with van der Waals surface area (Å²) in [5.74, 6) is -0.0907. The SMILES string of the molecule is Cl.NCC1CCc2ccc(OCC(=O)[O-])cc2C1. The first-order chi connectivity index (χ1) is 8.19. The lowest BCUT2D eigenvalue weighted by atomic mass is 9.84. The van der Waals surface area contributed by atoms with Gasteiger partial charge in [-0.25, -0.2) is 0 Å². The van der Waals surface area contributed by atoms with Crippen molar-refractivity contribution in [2.45, 2.75) is 19.3 Å². The fourth-order valence-corrected chi connectivity index (χ4v) is 2.24. The number of halogens is 1. The van der Waals surface area contributed by atoms with Crippen molar-refractivity contribution in [2.24, 2.45) is 11.7 Å². The van der Waals surface area contributed by atoms with Gasteiger partial charge in [0.15, 0.2) is 0 Å². The smallest absolute Gasteiger partial charge is 0.128 e. The average Bonchev–Trinajstić information content (AvgIpc) is 2.35. The lowest BCUT2D eigenvalue weighted by Crippen LogP contribution is -2.29. The molecule has 0 spiro atoms. The van der Waals surface area contributed by atoms with Gasteiger partial charge in [0.1, 0.15) is 12.4 Å². The number of carboxylic acids is 1. The summed E-state index contributed by atoms with van der Waals surface area (Å²) in [4.78, 5) is 10.3. The Morgan fingerprint density at radius 3 is 2.89 bits per heavy atom. The van der Waals surface area contributed by atoms with E-state index in [1.807, 2.05) is 18.2 Å². The molecule has 0 bridgehead atoms. The van der Waals surface area contributed by atoms with Gasteiger partial charge >= 0.3 is 0 Å². The predicted molar refractivity (Wildman–Crippen MR) is 68.8 cm³/mol. The van der Waals surface area contributed by atoms with Crippen molar-refractivity contribution in [3.8, 4) is 5.75 Å². The topological polar surface area (TPSA) is 75.4 Å². The molecule has 1 aliphatic rings. The number of hydrogen-bond donors (Lipinski definition) is 1. The molecular weight excluding hydrogens is 254 g/mol. The molecular formula is C13H17ClNO3-. The van der Waals surface area contributed by atoms with Crippen LogP contribution in [0.1, 0.15) is 17.5 Å². The highest BCUT2D eigenvalue weighted by Crippen LogP contribution is 2.28. The second kappa shape index (κ2) is 6.61. The van der Waals surface area contributed by atoms with Gasteiger partial charge in [-0.05, 0) is 55.0 Å². The van der Waals surface area contributed by atoms with Crippen LogP contribution < -0.4 is 15.6 Å². The summed E-state index contributed by atoms with van der Waals surface area (Å²) >= 11 is 0. The van der Waals surface area contributed by atoms with Crippen molar-refractivity contribution >= 4 is 18.4 Å². The van der Waals surface area contributed by atoms with E-state index in [2.05, 4.69) is 0 Å². The number of hydrogen-bond acceptors (Lipinski definition) is 4. The number of ether oxygens (including phenoxy) is 1. The highest BCUT2D eigenvalue weighted by molar-refractivity contribution is 5.85. The molecule has 1 aromatic carbocycles. The average molecular weight is 271 g/mol. The third kappa shape index (κ3) is 3.62. The van der Waals surface area contributed by atoms with Crippen molar-refractivity contribution in [1.82, 2.24) is 0 Å². The second-order valence-electron chi connectivity index (χ2n) is 4.44. The third-order valence-corrected chi connectivity index (χ3v) is 3.20. The summed E-state index contributed by atoms with van der Waals surface area (Å²) in [6.07, 6.45) is 3.12. The molecule has 1 unspecified atom stereocenters. The number of nitrogens with two attached hydrogens (primary N) is 1. The Labute approximate surface area is 113 Å². The van der Waals surface area contributed by atoms with Gasteiger partial charge in [0.2, 0.25) is 0 Å². The molecule has 2 N–H and O–H groups in total. The van der Waals surface area contributed by atoms with Gasteiger partial charge in [-0.3, -0.25) is 0 Å². The molecule has 0 radical (unpaired) electrons. The van der Waals surface area contributed by atoms with Crippen LogP contribution in [-0.4, -0.2) is 19.1 Å². The van der Waals surface area contributed by atoms with Gasteiger partial charge in [0, 0.05) is 0 Å². The zero-order chi connectivity index (χ0) is 12.3. The van der Waals surface area contributed by atoms with E-state index >= 15 is 0 Å². The van der Waals surface area contributed by atoms with Crippen molar-refractivity contribution in [3.05, 3.63) is 29.3 Å². The Morgan fingerprint density at radius 1 is 1.44 bits per heavy atom. The third-order valence-electron chi connectivity index (χ3n) is 3.20. The number of aliphatic carboxylic acids is 1. The van der Waals surface area contributed by atoms with Gasteiger partial charge < -0.3 is 20.4 Å². The molecule has 18 heavy (non-hydrogen) atoms. The number of carbonyl (C=O) groups excluding carboxylic acids is 1. The summed E-state index contributed by atoms with van der Waals surface area (Å²) in [5, 5.41) is 10.3. The van der Waals surface area contributed by atoms with Gasteiger partial charge in [-0.2, -0.15) is 0 Å². The first-order valence-electron chi connectivity index (χ1n) is 5.83. The maximum Gasteiger partial charge on any atom is 0.128 e. The number of carboxylic acid groups (broad SMARTS) is 1. The normalized spacial score (nSPS) is 17.5. The number of carbonyl (C=O) groups is 1. The van der Waals surface area contributed by atoms with Crippen LogP contribution in [0.5, 0.6) is 5.75 Å². The van der Waals surface area contributed by atoms with E-state index in [1.54, 1.807) is 0 Å². The van der Waals surface area contributed by atoms with Crippen LogP contribution in [-0.2, 0) is 17.6 Å². The van der Waals surface area contributed by atoms with Crippen LogP contribution in [0, 0.1) is 5.92 Å².